The Hall–Kier alpha value is -3.71. The van der Waals surface area contributed by atoms with Crippen LogP contribution >= 0.6 is 11.8 Å². The molecular weight excluding hydrogens is 436 g/mol. The van der Waals surface area contributed by atoms with Crippen molar-refractivity contribution in [2.75, 3.05) is 18.7 Å². The van der Waals surface area contributed by atoms with Crippen molar-refractivity contribution in [3.8, 4) is 11.5 Å². The lowest BCUT2D eigenvalue weighted by Gasteiger charge is -2.27. The van der Waals surface area contributed by atoms with Crippen molar-refractivity contribution in [1.29, 1.82) is 0 Å². The third kappa shape index (κ3) is 4.32. The van der Waals surface area contributed by atoms with Crippen LogP contribution in [0.4, 0.5) is 5.69 Å². The van der Waals surface area contributed by atoms with Gasteiger partial charge in [0.25, 0.3) is 11.8 Å². The summed E-state index contributed by atoms with van der Waals surface area (Å²) < 4.78 is 10.7. The van der Waals surface area contributed by atoms with Gasteiger partial charge in [0, 0.05) is 24.1 Å². The first-order chi connectivity index (χ1) is 16.0. The van der Waals surface area contributed by atoms with Crippen LogP contribution < -0.4 is 19.7 Å². The molecule has 1 N–H and O–H groups in total. The van der Waals surface area contributed by atoms with Crippen LogP contribution in [0.3, 0.4) is 0 Å². The quantitative estimate of drug-likeness (QED) is 0.571. The Labute approximate surface area is 196 Å². The van der Waals surface area contributed by atoms with Gasteiger partial charge in [-0.3, -0.25) is 9.59 Å². The van der Waals surface area contributed by atoms with Gasteiger partial charge >= 0.3 is 0 Å². The molecule has 2 amide bonds. The van der Waals surface area contributed by atoms with Crippen molar-refractivity contribution in [3.63, 3.8) is 0 Å². The molecule has 0 aromatic heterocycles. The monoisotopic (exact) mass is 458 g/mol. The van der Waals surface area contributed by atoms with Crippen LogP contribution in [0.15, 0.2) is 70.5 Å². The zero-order valence-electron chi connectivity index (χ0n) is 18.3. The molecular formula is C26H22N2O4S. The molecule has 5 rings (SSSR count). The Kier molecular flexibility index (Phi) is 5.56. The molecule has 0 unspecified atom stereocenters. The maximum Gasteiger partial charge on any atom is 0.264 e. The first kappa shape index (κ1) is 21.2. The molecule has 0 spiro atoms. The Morgan fingerprint density at radius 3 is 2.79 bits per heavy atom. The smallest absolute Gasteiger partial charge is 0.264 e. The molecule has 0 radical (unpaired) electrons. The average Bonchev–Trinajstić information content (AvgIpc) is 3.29. The fraction of sp³-hybridized carbons (Fsp3) is 0.154. The molecule has 2 heterocycles. The van der Waals surface area contributed by atoms with Crippen molar-refractivity contribution in [2.24, 2.45) is 0 Å². The summed E-state index contributed by atoms with van der Waals surface area (Å²) in [6.45, 7) is 2.60. The van der Waals surface area contributed by atoms with E-state index in [9.17, 15) is 9.59 Å². The Bertz CT molecular complexity index is 1300. The minimum atomic E-state index is -0.206. The van der Waals surface area contributed by atoms with Gasteiger partial charge in [-0.1, -0.05) is 47.7 Å². The summed E-state index contributed by atoms with van der Waals surface area (Å²) >= 11 is 1.42. The van der Waals surface area contributed by atoms with Gasteiger partial charge in [-0.25, -0.2) is 0 Å². The summed E-state index contributed by atoms with van der Waals surface area (Å²) in [5.74, 6) is 1.09. The zero-order valence-corrected chi connectivity index (χ0v) is 19.1. The molecule has 0 bridgehead atoms. The molecule has 7 heteroatoms. The van der Waals surface area contributed by atoms with Gasteiger partial charge in [0.1, 0.15) is 0 Å². The van der Waals surface area contributed by atoms with Crippen LogP contribution in [0.5, 0.6) is 11.5 Å². The molecule has 0 atom stereocenters. The molecule has 0 fully saturated rings. The van der Waals surface area contributed by atoms with Crippen molar-refractivity contribution in [1.82, 2.24) is 5.32 Å². The Morgan fingerprint density at radius 2 is 1.94 bits per heavy atom. The van der Waals surface area contributed by atoms with E-state index in [2.05, 4.69) is 5.32 Å². The topological polar surface area (TPSA) is 67.9 Å². The summed E-state index contributed by atoms with van der Waals surface area (Å²) in [6.07, 6.45) is 1.91. The van der Waals surface area contributed by atoms with E-state index in [-0.39, 0.29) is 18.6 Å². The fourth-order valence-electron chi connectivity index (χ4n) is 3.78. The lowest BCUT2D eigenvalue weighted by atomic mass is 10.1. The third-order valence-electron chi connectivity index (χ3n) is 5.55. The lowest BCUT2D eigenvalue weighted by molar-refractivity contribution is -0.114. The molecule has 2 aliphatic heterocycles. The highest BCUT2D eigenvalue weighted by atomic mass is 32.2. The summed E-state index contributed by atoms with van der Waals surface area (Å²) in [5.41, 5.74) is 4.27. The number of carbonyl (C=O) groups is 2. The third-order valence-corrected chi connectivity index (χ3v) is 6.63. The van der Waals surface area contributed by atoms with Gasteiger partial charge in [0.05, 0.1) is 10.6 Å². The van der Waals surface area contributed by atoms with Crippen LogP contribution in [0.25, 0.3) is 6.08 Å². The van der Waals surface area contributed by atoms with Crippen LogP contribution in [-0.4, -0.2) is 25.7 Å². The summed E-state index contributed by atoms with van der Waals surface area (Å²) in [6, 6.07) is 19.1. The van der Waals surface area contributed by atoms with Gasteiger partial charge in [-0.05, 0) is 54.5 Å². The Balaban J connectivity index is 1.32. The number of hydrogen-bond acceptors (Lipinski definition) is 5. The van der Waals surface area contributed by atoms with E-state index in [1.807, 2.05) is 61.5 Å². The molecule has 2 aliphatic rings. The number of aryl methyl sites for hydroxylation is 1. The Morgan fingerprint density at radius 1 is 1.09 bits per heavy atom. The highest BCUT2D eigenvalue weighted by Crippen LogP contribution is 2.42. The normalized spacial score (nSPS) is 15.5. The summed E-state index contributed by atoms with van der Waals surface area (Å²) in [7, 11) is 1.74. The SMILES string of the molecule is Cc1cccc(C=C2Sc3ccc(C(=O)NCc4ccc5c(c4)OCO5)cc3N(C)C2=O)c1. The van der Waals surface area contributed by atoms with Gasteiger partial charge in [-0.15, -0.1) is 0 Å². The number of likely N-dealkylation sites (N-methyl/N-ethyl adjacent to an activating group) is 1. The predicted molar refractivity (Wildman–Crippen MR) is 129 cm³/mol. The minimum absolute atomic E-state index is 0.0908. The van der Waals surface area contributed by atoms with Gasteiger partial charge in [0.15, 0.2) is 11.5 Å². The highest BCUT2D eigenvalue weighted by molar-refractivity contribution is 8.04. The van der Waals surface area contributed by atoms with Crippen molar-refractivity contribution in [2.45, 2.75) is 18.4 Å². The number of amides is 2. The van der Waals surface area contributed by atoms with Crippen molar-refractivity contribution in [3.05, 3.63) is 87.8 Å². The number of thioether (sulfide) groups is 1. The van der Waals surface area contributed by atoms with Gasteiger partial charge in [0.2, 0.25) is 6.79 Å². The fourth-order valence-corrected chi connectivity index (χ4v) is 4.87. The molecule has 33 heavy (non-hydrogen) atoms. The van der Waals surface area contributed by atoms with E-state index >= 15 is 0 Å². The molecule has 3 aromatic rings. The predicted octanol–water partition coefficient (Wildman–Crippen LogP) is 4.76. The minimum Gasteiger partial charge on any atom is -0.454 e. The van der Waals surface area contributed by atoms with E-state index in [0.29, 0.717) is 28.5 Å². The first-order valence-electron chi connectivity index (χ1n) is 10.5. The van der Waals surface area contributed by atoms with Gasteiger partial charge < -0.3 is 19.7 Å². The number of nitrogens with zero attached hydrogens (tertiary/aromatic N) is 1. The van der Waals surface area contributed by atoms with Crippen molar-refractivity contribution >= 4 is 35.3 Å². The number of fused-ring (bicyclic) bond motifs is 2. The maximum absolute atomic E-state index is 13.0. The second-order valence-electron chi connectivity index (χ2n) is 7.94. The van der Waals surface area contributed by atoms with Crippen LogP contribution in [0, 0.1) is 6.92 Å². The molecule has 3 aromatic carbocycles. The average molecular weight is 459 g/mol. The largest absolute Gasteiger partial charge is 0.454 e. The molecule has 6 nitrogen and oxygen atoms in total. The van der Waals surface area contributed by atoms with Crippen LogP contribution in [-0.2, 0) is 11.3 Å². The summed E-state index contributed by atoms with van der Waals surface area (Å²) in [5, 5.41) is 2.93. The molecule has 0 aliphatic carbocycles. The number of anilines is 1. The van der Waals surface area contributed by atoms with E-state index < -0.39 is 0 Å². The van der Waals surface area contributed by atoms with Gasteiger partial charge in [-0.2, -0.15) is 0 Å². The van der Waals surface area contributed by atoms with E-state index in [1.54, 1.807) is 24.1 Å². The number of benzene rings is 3. The highest BCUT2D eigenvalue weighted by Gasteiger charge is 2.27. The first-order valence-corrected chi connectivity index (χ1v) is 11.3. The second kappa shape index (κ2) is 8.67. The zero-order chi connectivity index (χ0) is 22.9. The lowest BCUT2D eigenvalue weighted by Crippen LogP contribution is -2.31. The number of nitrogens with one attached hydrogen (secondary N) is 1. The van der Waals surface area contributed by atoms with Crippen LogP contribution in [0.1, 0.15) is 27.0 Å². The van der Waals surface area contributed by atoms with E-state index in [0.717, 1.165) is 27.3 Å². The standard InChI is InChI=1S/C26H22N2O4S/c1-16-4-3-5-17(10-16)12-24-26(30)28(2)20-13-19(7-9-23(20)33-24)25(29)27-14-18-6-8-21-22(11-18)32-15-31-21/h3-13H,14-15H2,1-2H3,(H,27,29). The molecule has 0 saturated carbocycles. The number of rotatable bonds is 4. The van der Waals surface area contributed by atoms with E-state index in [4.69, 9.17) is 9.47 Å². The second-order valence-corrected chi connectivity index (χ2v) is 9.03. The van der Waals surface area contributed by atoms with Crippen LogP contribution in [0.2, 0.25) is 0 Å². The van der Waals surface area contributed by atoms with Crippen molar-refractivity contribution < 1.29 is 19.1 Å². The summed E-state index contributed by atoms with van der Waals surface area (Å²) in [4.78, 5) is 28.9. The molecule has 166 valence electrons. The maximum atomic E-state index is 13.0. The number of ether oxygens (including phenoxy) is 2. The number of hydrogen-bond donors (Lipinski definition) is 1. The molecule has 0 saturated heterocycles. The van der Waals surface area contributed by atoms with E-state index in [1.165, 1.54) is 11.8 Å². The number of carbonyl (C=O) groups excluding carboxylic acids is 2.